The van der Waals surface area contributed by atoms with E-state index in [4.69, 9.17) is 0 Å². The van der Waals surface area contributed by atoms with Crippen LogP contribution >= 0.6 is 11.3 Å². The molecular formula is C43H43FGeIrN2SSi-2. The first-order valence-electron chi connectivity index (χ1n) is 16.9. The number of benzene rings is 4. The van der Waals surface area contributed by atoms with Crippen LogP contribution in [0, 0.1) is 17.9 Å². The molecular weight excluding hydrogens is 888 g/mol. The Morgan fingerprint density at radius 3 is 2.12 bits per heavy atom. The summed E-state index contributed by atoms with van der Waals surface area (Å²) in [6.07, 6.45) is 3.89. The summed E-state index contributed by atoms with van der Waals surface area (Å²) in [7, 11) is -1.23. The Labute approximate surface area is 318 Å². The van der Waals surface area contributed by atoms with E-state index in [1.807, 2.05) is 48.8 Å². The topological polar surface area (TPSA) is 25.8 Å². The average molecular weight is 932 g/mol. The number of aromatic nitrogens is 2. The van der Waals surface area contributed by atoms with E-state index in [9.17, 15) is 0 Å². The average Bonchev–Trinajstić information content (AvgIpc) is 3.47. The van der Waals surface area contributed by atoms with Gasteiger partial charge in [0.1, 0.15) is 0 Å². The fraction of sp³-hybridized carbons (Fsp3) is 0.209. The van der Waals surface area contributed by atoms with Gasteiger partial charge in [0.25, 0.3) is 0 Å². The molecule has 4 aromatic carbocycles. The molecule has 3 heterocycles. The summed E-state index contributed by atoms with van der Waals surface area (Å²) < 4.78 is 18.7. The minimum Gasteiger partial charge on any atom is -0.305 e. The summed E-state index contributed by atoms with van der Waals surface area (Å²) >= 11 is -0.282. The molecule has 50 heavy (non-hydrogen) atoms. The smallest absolute Gasteiger partial charge is 0.0795 e. The van der Waals surface area contributed by atoms with Gasteiger partial charge in [-0.05, 0) is 22.9 Å². The van der Waals surface area contributed by atoms with Crippen LogP contribution in [0.3, 0.4) is 0 Å². The molecule has 0 spiro atoms. The number of rotatable bonds is 6. The van der Waals surface area contributed by atoms with Gasteiger partial charge in [0, 0.05) is 26.3 Å². The summed E-state index contributed by atoms with van der Waals surface area (Å²) in [5.41, 5.74) is 6.84. The Morgan fingerprint density at radius 1 is 0.760 bits per heavy atom. The van der Waals surface area contributed by atoms with Crippen molar-refractivity contribution in [1.29, 1.82) is 0 Å². The molecule has 3 aromatic heterocycles. The van der Waals surface area contributed by atoms with Crippen molar-refractivity contribution in [3.63, 3.8) is 0 Å². The third-order valence-electron chi connectivity index (χ3n) is 8.91. The van der Waals surface area contributed by atoms with Crippen LogP contribution in [0.5, 0.6) is 0 Å². The predicted molar refractivity (Wildman–Crippen MR) is 215 cm³/mol. The Hall–Kier alpha value is -3.26. The zero-order valence-electron chi connectivity index (χ0n) is 30.0. The molecule has 0 bridgehead atoms. The van der Waals surface area contributed by atoms with Crippen LogP contribution in [0.25, 0.3) is 53.8 Å². The van der Waals surface area contributed by atoms with E-state index in [1.54, 1.807) is 17.4 Å². The maximum atomic E-state index is 15.2. The molecule has 7 aromatic rings. The fourth-order valence-electron chi connectivity index (χ4n) is 5.87. The van der Waals surface area contributed by atoms with E-state index < -0.39 is 21.3 Å². The van der Waals surface area contributed by atoms with Crippen molar-refractivity contribution in [3.8, 4) is 33.6 Å². The number of halogens is 1. The Balaban J connectivity index is 0.000000241. The quantitative estimate of drug-likeness (QED) is 0.123. The van der Waals surface area contributed by atoms with Gasteiger partial charge in [0.2, 0.25) is 0 Å². The van der Waals surface area contributed by atoms with Gasteiger partial charge in [-0.15, -0.1) is 35.9 Å². The Kier molecular flexibility index (Phi) is 11.8. The fourth-order valence-corrected chi connectivity index (χ4v) is 10.7. The molecule has 0 unspecified atom stereocenters. The van der Waals surface area contributed by atoms with Crippen molar-refractivity contribution in [2.45, 2.75) is 56.7 Å². The summed E-state index contributed by atoms with van der Waals surface area (Å²) in [6, 6.07) is 39.2. The van der Waals surface area contributed by atoms with Crippen LogP contribution < -0.4 is 9.58 Å². The summed E-state index contributed by atoms with van der Waals surface area (Å²) in [4.78, 5) is 9.17. The van der Waals surface area contributed by atoms with Crippen LogP contribution in [0.2, 0.25) is 36.9 Å². The molecule has 257 valence electrons. The van der Waals surface area contributed by atoms with Crippen LogP contribution in [-0.2, 0) is 20.1 Å². The van der Waals surface area contributed by atoms with Crippen LogP contribution in [0.4, 0.5) is 4.39 Å². The number of hydrogen-bond acceptors (Lipinski definition) is 3. The Bertz CT molecular complexity index is 2220. The largest absolute Gasteiger partial charge is 0.305 e. The van der Waals surface area contributed by atoms with Gasteiger partial charge in [0.15, 0.2) is 0 Å². The minimum atomic E-state index is -1.93. The number of fused-ring (bicyclic) bond motifs is 3. The second-order valence-electron chi connectivity index (χ2n) is 14.9. The first kappa shape index (κ1) is 38.0. The normalized spacial score (nSPS) is 11.7. The van der Waals surface area contributed by atoms with Gasteiger partial charge in [-0.2, -0.15) is 0 Å². The van der Waals surface area contributed by atoms with Crippen molar-refractivity contribution in [1.82, 2.24) is 9.97 Å². The molecule has 0 aliphatic heterocycles. The van der Waals surface area contributed by atoms with Gasteiger partial charge in [-0.3, -0.25) is 0 Å². The van der Waals surface area contributed by atoms with E-state index in [-0.39, 0.29) is 25.9 Å². The number of nitrogens with zero attached hydrogens (tertiary/aromatic N) is 2. The molecule has 0 amide bonds. The first-order valence-corrected chi connectivity index (χ1v) is 28.5. The summed E-state index contributed by atoms with van der Waals surface area (Å²) in [5, 5.41) is 3.61. The molecule has 7 heteroatoms. The maximum absolute atomic E-state index is 15.2. The summed E-state index contributed by atoms with van der Waals surface area (Å²) in [5.74, 6) is 7.38. The van der Waals surface area contributed by atoms with E-state index in [2.05, 4.69) is 127 Å². The molecule has 2 nitrogen and oxygen atoms in total. The molecule has 0 saturated carbocycles. The van der Waals surface area contributed by atoms with Gasteiger partial charge in [0.05, 0.1) is 8.07 Å². The monoisotopic (exact) mass is 933 g/mol. The predicted octanol–water partition coefficient (Wildman–Crippen LogP) is 11.5. The van der Waals surface area contributed by atoms with Crippen molar-refractivity contribution in [2.75, 3.05) is 0 Å². The van der Waals surface area contributed by atoms with Crippen molar-refractivity contribution in [2.24, 2.45) is 0 Å². The van der Waals surface area contributed by atoms with E-state index >= 15 is 4.39 Å². The maximum Gasteiger partial charge on any atom is 0.0795 e. The van der Waals surface area contributed by atoms with Crippen molar-refractivity contribution < 1.29 is 24.5 Å². The molecule has 0 atom stereocenters. The molecule has 0 N–H and O–H groups in total. The molecule has 1 radical (unpaired) electrons. The summed E-state index contributed by atoms with van der Waals surface area (Å²) in [6.45, 7) is 11.4. The zero-order chi connectivity index (χ0) is 34.9. The number of hydrogen-bond donors (Lipinski definition) is 0. The molecule has 0 saturated heterocycles. The van der Waals surface area contributed by atoms with Gasteiger partial charge < -0.3 is 4.98 Å². The Morgan fingerprint density at radius 2 is 1.50 bits per heavy atom. The van der Waals surface area contributed by atoms with Gasteiger partial charge >= 0.3 is 176 Å². The van der Waals surface area contributed by atoms with Crippen molar-refractivity contribution in [3.05, 3.63) is 133 Å². The third kappa shape index (κ3) is 8.27. The molecule has 7 rings (SSSR count). The van der Waals surface area contributed by atoms with Crippen molar-refractivity contribution >= 4 is 62.4 Å². The molecule has 0 fully saturated rings. The third-order valence-corrected chi connectivity index (χ3v) is 16.5. The second-order valence-corrected chi connectivity index (χ2v) is 31.7. The number of thiophene rings is 1. The van der Waals surface area contributed by atoms with E-state index in [1.165, 1.54) is 15.1 Å². The van der Waals surface area contributed by atoms with Crippen LogP contribution in [0.1, 0.15) is 25.3 Å². The first-order chi connectivity index (χ1) is 23.3. The second kappa shape index (κ2) is 15.5. The minimum absolute atomic E-state index is 0. The van der Waals surface area contributed by atoms with Crippen LogP contribution in [0.15, 0.2) is 109 Å². The van der Waals surface area contributed by atoms with E-state index in [0.29, 0.717) is 11.5 Å². The zero-order valence-corrected chi connectivity index (χ0v) is 36.3. The number of pyridine rings is 2. The SMILES string of the molecule is CC(C)c1ccnc(-c2[c-]ccc3c2sc2c(-c4cc[c]([Ge]([CH3])([CH3])[CH3])cc4)c(F)ccc23)c1.C[Si](C)(C)c1ccc(-c2[c-]cccc2)nc1.[Ir]. The van der Waals surface area contributed by atoms with Gasteiger partial charge in [-0.1, -0.05) is 45.6 Å². The van der Waals surface area contributed by atoms with E-state index in [0.717, 1.165) is 48.3 Å². The molecule has 0 aliphatic carbocycles. The van der Waals surface area contributed by atoms with Gasteiger partial charge in [-0.25, -0.2) is 0 Å². The molecule has 0 aliphatic rings. The van der Waals surface area contributed by atoms with Crippen LogP contribution in [-0.4, -0.2) is 31.3 Å². The standard InChI is InChI=1S/C29H27FGeNS.C14H16NSi.Ir/c1-18(2)20-15-16-32-26(17-20)24-8-6-7-22-23-13-14-25(30)27(29(23)33-28(22)24)19-9-11-21(12-10-19)31(3,4)5;1-16(2,3)13-9-10-14(15-11-13)12-7-5-4-6-8-12;/h6-7,9-18H,1-5H3;4-7,9-11H,1-3H3;/q2*-1;.